The fourth-order valence-corrected chi connectivity index (χ4v) is 2.81. The summed E-state index contributed by atoms with van der Waals surface area (Å²) >= 11 is 1.57. The number of benzene rings is 1. The SMILES string of the molecule is Cc1ccc2nc(SCc3nc(C)cc(NN)n3)[nH]c2c1. The van der Waals surface area contributed by atoms with E-state index in [0.717, 1.165) is 27.7 Å². The topological polar surface area (TPSA) is 92.5 Å². The van der Waals surface area contributed by atoms with Gasteiger partial charge in [0.15, 0.2) is 5.16 Å². The van der Waals surface area contributed by atoms with E-state index in [1.165, 1.54) is 5.56 Å². The summed E-state index contributed by atoms with van der Waals surface area (Å²) < 4.78 is 0. The molecule has 1 aromatic carbocycles. The van der Waals surface area contributed by atoms with Gasteiger partial charge in [0.25, 0.3) is 0 Å². The van der Waals surface area contributed by atoms with E-state index < -0.39 is 0 Å². The van der Waals surface area contributed by atoms with E-state index in [0.29, 0.717) is 11.6 Å². The fraction of sp³-hybridized carbons (Fsp3) is 0.214. The number of nitrogens with zero attached hydrogens (tertiary/aromatic N) is 3. The van der Waals surface area contributed by atoms with Crippen LogP contribution in [0.3, 0.4) is 0 Å². The van der Waals surface area contributed by atoms with Gasteiger partial charge in [-0.3, -0.25) is 0 Å². The van der Waals surface area contributed by atoms with Crippen molar-refractivity contribution >= 4 is 28.6 Å². The van der Waals surface area contributed by atoms with Crippen molar-refractivity contribution in [1.82, 2.24) is 19.9 Å². The van der Waals surface area contributed by atoms with Gasteiger partial charge in [0.05, 0.1) is 16.8 Å². The van der Waals surface area contributed by atoms with Gasteiger partial charge in [0.2, 0.25) is 0 Å². The van der Waals surface area contributed by atoms with Crippen LogP contribution < -0.4 is 11.3 Å². The van der Waals surface area contributed by atoms with Crippen LogP contribution in [0, 0.1) is 13.8 Å². The molecule has 0 aliphatic rings. The number of aromatic nitrogens is 4. The number of H-pyrrole nitrogens is 1. The third-order valence-electron chi connectivity index (χ3n) is 3.00. The molecule has 2 heterocycles. The number of fused-ring (bicyclic) bond motifs is 1. The molecule has 0 aliphatic carbocycles. The first kappa shape index (κ1) is 13.8. The standard InChI is InChI=1S/C14H16N6S/c1-8-3-4-10-11(5-8)18-14(17-10)21-7-13-16-9(2)6-12(19-13)20-15/h3-6H,7,15H2,1-2H3,(H,17,18)(H,16,19,20). The summed E-state index contributed by atoms with van der Waals surface area (Å²) in [7, 11) is 0. The van der Waals surface area contributed by atoms with Crippen LogP contribution in [0.1, 0.15) is 17.1 Å². The Balaban J connectivity index is 1.78. The largest absolute Gasteiger partial charge is 0.333 e. The molecule has 0 fully saturated rings. The Morgan fingerprint density at radius 1 is 1.19 bits per heavy atom. The second-order valence-corrected chi connectivity index (χ2v) is 5.77. The van der Waals surface area contributed by atoms with Gasteiger partial charge in [-0.25, -0.2) is 20.8 Å². The molecule has 7 heteroatoms. The maximum atomic E-state index is 5.39. The van der Waals surface area contributed by atoms with Crippen molar-refractivity contribution in [3.05, 3.63) is 41.3 Å². The van der Waals surface area contributed by atoms with Gasteiger partial charge < -0.3 is 10.4 Å². The minimum atomic E-state index is 0.623. The zero-order valence-electron chi connectivity index (χ0n) is 11.8. The zero-order valence-corrected chi connectivity index (χ0v) is 12.7. The number of aryl methyl sites for hydroxylation is 2. The van der Waals surface area contributed by atoms with Gasteiger partial charge in [-0.05, 0) is 31.5 Å². The Morgan fingerprint density at radius 3 is 2.86 bits per heavy atom. The molecule has 0 saturated heterocycles. The van der Waals surface area contributed by atoms with E-state index in [1.807, 2.05) is 13.0 Å². The van der Waals surface area contributed by atoms with Crippen molar-refractivity contribution in [1.29, 1.82) is 0 Å². The molecule has 108 valence electrons. The number of aromatic amines is 1. The molecule has 0 saturated carbocycles. The predicted octanol–water partition coefficient (Wildman–Crippen LogP) is 2.55. The molecule has 4 N–H and O–H groups in total. The number of nitrogens with one attached hydrogen (secondary N) is 2. The van der Waals surface area contributed by atoms with Gasteiger partial charge in [0, 0.05) is 11.8 Å². The van der Waals surface area contributed by atoms with E-state index in [1.54, 1.807) is 17.8 Å². The Hall–Kier alpha value is -2.12. The molecular formula is C14H16N6S. The number of hydrogen-bond donors (Lipinski definition) is 3. The molecule has 0 aliphatic heterocycles. The lowest BCUT2D eigenvalue weighted by Crippen LogP contribution is -2.10. The summed E-state index contributed by atoms with van der Waals surface area (Å²) in [5.41, 5.74) is 6.66. The molecule has 0 amide bonds. The van der Waals surface area contributed by atoms with Crippen molar-refractivity contribution in [2.24, 2.45) is 5.84 Å². The average Bonchev–Trinajstić information content (AvgIpc) is 2.86. The number of nitrogen functional groups attached to an aromatic ring is 1. The molecule has 0 unspecified atom stereocenters. The third-order valence-corrected chi connectivity index (χ3v) is 3.87. The second kappa shape index (κ2) is 5.71. The van der Waals surface area contributed by atoms with Crippen LogP contribution in [-0.4, -0.2) is 19.9 Å². The van der Waals surface area contributed by atoms with Crippen molar-refractivity contribution in [2.45, 2.75) is 24.8 Å². The highest BCUT2D eigenvalue weighted by atomic mass is 32.2. The van der Waals surface area contributed by atoms with Gasteiger partial charge in [-0.15, -0.1) is 0 Å². The van der Waals surface area contributed by atoms with E-state index in [4.69, 9.17) is 5.84 Å². The van der Waals surface area contributed by atoms with Gasteiger partial charge in [-0.2, -0.15) is 0 Å². The maximum absolute atomic E-state index is 5.39. The summed E-state index contributed by atoms with van der Waals surface area (Å²) in [5.74, 6) is 7.38. The molecule has 21 heavy (non-hydrogen) atoms. The van der Waals surface area contributed by atoms with E-state index >= 15 is 0 Å². The third kappa shape index (κ3) is 3.14. The van der Waals surface area contributed by atoms with E-state index in [2.05, 4.69) is 44.4 Å². The van der Waals surface area contributed by atoms with E-state index in [9.17, 15) is 0 Å². The highest BCUT2D eigenvalue weighted by Gasteiger charge is 2.06. The van der Waals surface area contributed by atoms with Crippen molar-refractivity contribution in [3.63, 3.8) is 0 Å². The predicted molar refractivity (Wildman–Crippen MR) is 85.0 cm³/mol. The number of hydrogen-bond acceptors (Lipinski definition) is 6. The Labute approximate surface area is 126 Å². The highest BCUT2D eigenvalue weighted by Crippen LogP contribution is 2.23. The molecule has 3 aromatic rings. The smallest absolute Gasteiger partial charge is 0.166 e. The maximum Gasteiger partial charge on any atom is 0.166 e. The molecule has 0 bridgehead atoms. The van der Waals surface area contributed by atoms with Gasteiger partial charge in [0.1, 0.15) is 11.6 Å². The molecule has 3 rings (SSSR count). The Bertz CT molecular complexity index is 782. The van der Waals surface area contributed by atoms with Crippen LogP contribution in [0.15, 0.2) is 29.4 Å². The summed E-state index contributed by atoms with van der Waals surface area (Å²) in [6, 6.07) is 7.97. The van der Waals surface area contributed by atoms with Crippen LogP contribution >= 0.6 is 11.8 Å². The number of hydrazine groups is 1. The summed E-state index contributed by atoms with van der Waals surface area (Å²) in [6.07, 6.45) is 0. The molecule has 0 radical (unpaired) electrons. The molecular weight excluding hydrogens is 284 g/mol. The number of imidazole rings is 1. The Morgan fingerprint density at radius 2 is 2.05 bits per heavy atom. The number of rotatable bonds is 4. The minimum Gasteiger partial charge on any atom is -0.333 e. The lowest BCUT2D eigenvalue weighted by molar-refractivity contribution is 0.983. The summed E-state index contributed by atoms with van der Waals surface area (Å²) in [4.78, 5) is 16.6. The van der Waals surface area contributed by atoms with Crippen LogP contribution in [0.5, 0.6) is 0 Å². The van der Waals surface area contributed by atoms with Crippen LogP contribution in [-0.2, 0) is 5.75 Å². The highest BCUT2D eigenvalue weighted by molar-refractivity contribution is 7.98. The first-order valence-corrected chi connectivity index (χ1v) is 7.53. The molecule has 0 spiro atoms. The molecule has 2 aromatic heterocycles. The monoisotopic (exact) mass is 300 g/mol. The Kier molecular flexibility index (Phi) is 3.76. The first-order chi connectivity index (χ1) is 10.1. The zero-order chi connectivity index (χ0) is 14.8. The minimum absolute atomic E-state index is 0.623. The van der Waals surface area contributed by atoms with Crippen LogP contribution in [0.25, 0.3) is 11.0 Å². The lowest BCUT2D eigenvalue weighted by Gasteiger charge is -2.04. The number of thioether (sulfide) groups is 1. The summed E-state index contributed by atoms with van der Waals surface area (Å²) in [6.45, 7) is 3.98. The summed E-state index contributed by atoms with van der Waals surface area (Å²) in [5, 5.41) is 0.864. The quantitative estimate of drug-likeness (QED) is 0.389. The van der Waals surface area contributed by atoms with Crippen LogP contribution in [0.2, 0.25) is 0 Å². The molecule has 6 nitrogen and oxygen atoms in total. The number of nitrogens with two attached hydrogens (primary N) is 1. The van der Waals surface area contributed by atoms with Gasteiger partial charge >= 0.3 is 0 Å². The average molecular weight is 300 g/mol. The van der Waals surface area contributed by atoms with Crippen molar-refractivity contribution in [2.75, 3.05) is 5.43 Å². The van der Waals surface area contributed by atoms with E-state index in [-0.39, 0.29) is 0 Å². The molecule has 0 atom stereocenters. The second-order valence-electron chi connectivity index (χ2n) is 4.81. The van der Waals surface area contributed by atoms with Gasteiger partial charge in [-0.1, -0.05) is 17.8 Å². The van der Waals surface area contributed by atoms with Crippen molar-refractivity contribution in [3.8, 4) is 0 Å². The van der Waals surface area contributed by atoms with Crippen molar-refractivity contribution < 1.29 is 0 Å². The van der Waals surface area contributed by atoms with Crippen LogP contribution in [0.4, 0.5) is 5.82 Å². The number of anilines is 1. The lowest BCUT2D eigenvalue weighted by atomic mass is 10.2. The fourth-order valence-electron chi connectivity index (χ4n) is 2.07. The normalized spacial score (nSPS) is 11.0. The first-order valence-electron chi connectivity index (χ1n) is 6.54.